The molecule has 1 heterocycles. The molecule has 1 unspecified atom stereocenters. The highest BCUT2D eigenvalue weighted by Gasteiger charge is 2.31. The quantitative estimate of drug-likeness (QED) is 0.742. The average Bonchev–Trinajstić information content (AvgIpc) is 2.78. The number of carbonyl (C=O) groups excluding carboxylic acids is 1. The topological polar surface area (TPSA) is 47.9 Å². The fraction of sp³-hybridized carbons (Fsp3) is 0.250. The molecule has 2 aromatic carbocycles. The van der Waals surface area contributed by atoms with Crippen molar-refractivity contribution in [1.82, 2.24) is 10.2 Å². The molecule has 0 fully saturated rings. The maximum absolute atomic E-state index is 13.1. The third-order valence-corrected chi connectivity index (χ3v) is 5.60. The Bertz CT molecular complexity index is 963. The number of nitrogens with zero attached hydrogens (tertiary/aromatic N) is 3. The zero-order chi connectivity index (χ0) is 20.4. The number of thiocarbonyl (C=S) groups is 1. The van der Waals surface area contributed by atoms with E-state index < -0.39 is 6.17 Å². The highest BCUT2D eigenvalue weighted by atomic mass is 35.5. The third-order valence-electron chi connectivity index (χ3n) is 4.61. The lowest BCUT2D eigenvalue weighted by atomic mass is 10.00. The first-order chi connectivity index (χ1) is 13.3. The highest BCUT2D eigenvalue weighted by Crippen LogP contribution is 2.31. The van der Waals surface area contributed by atoms with Crippen LogP contribution < -0.4 is 10.2 Å². The van der Waals surface area contributed by atoms with E-state index in [0.717, 1.165) is 11.1 Å². The smallest absolute Gasteiger partial charge is 0.272 e. The van der Waals surface area contributed by atoms with Gasteiger partial charge in [0.2, 0.25) is 6.17 Å². The molecular formula is C20H20Cl2N4OS. The molecule has 1 amide bonds. The van der Waals surface area contributed by atoms with E-state index in [9.17, 15) is 4.79 Å². The van der Waals surface area contributed by atoms with Crippen molar-refractivity contribution in [1.29, 1.82) is 0 Å². The predicted molar refractivity (Wildman–Crippen MR) is 120 cm³/mol. The molecule has 0 aromatic heterocycles. The molecular weight excluding hydrogens is 415 g/mol. The molecule has 3 rings (SSSR count). The molecule has 1 atom stereocenters. The van der Waals surface area contributed by atoms with E-state index >= 15 is 0 Å². The number of carbonyl (C=O) groups is 1. The number of benzodiazepines with no additional fused rings is 1. The number of likely N-dealkylation sites (N-methyl/N-ethyl adjacent to an activating group) is 1. The number of fused-ring (bicyclic) bond motifs is 1. The molecule has 146 valence electrons. The number of amides is 1. The maximum Gasteiger partial charge on any atom is 0.272 e. The fourth-order valence-corrected chi connectivity index (χ4v) is 3.52. The van der Waals surface area contributed by atoms with Gasteiger partial charge in [0.15, 0.2) is 5.11 Å². The van der Waals surface area contributed by atoms with Crippen molar-refractivity contribution in [3.63, 3.8) is 0 Å². The molecule has 0 spiro atoms. The largest absolute Gasteiger partial charge is 0.353 e. The number of rotatable bonds is 3. The number of aliphatic imine (C=N–C) groups is 1. The Morgan fingerprint density at radius 1 is 1.25 bits per heavy atom. The molecule has 0 radical (unpaired) electrons. The van der Waals surface area contributed by atoms with Crippen molar-refractivity contribution in [2.24, 2.45) is 4.99 Å². The van der Waals surface area contributed by atoms with E-state index in [2.05, 4.69) is 5.32 Å². The molecule has 0 bridgehead atoms. The molecule has 0 saturated carbocycles. The van der Waals surface area contributed by atoms with Gasteiger partial charge in [0, 0.05) is 41.8 Å². The molecule has 1 N–H and O–H groups in total. The Kier molecular flexibility index (Phi) is 6.23. The molecule has 0 aliphatic carbocycles. The van der Waals surface area contributed by atoms with Crippen LogP contribution in [0.5, 0.6) is 0 Å². The van der Waals surface area contributed by atoms with Crippen LogP contribution in [0.4, 0.5) is 5.69 Å². The Balaban J connectivity index is 2.18. The van der Waals surface area contributed by atoms with Gasteiger partial charge in [-0.05, 0) is 43.4 Å². The monoisotopic (exact) mass is 434 g/mol. The lowest BCUT2D eigenvalue weighted by molar-refractivity contribution is -0.119. The molecule has 2 aromatic rings. The Labute approximate surface area is 179 Å². The predicted octanol–water partition coefficient (Wildman–Crippen LogP) is 3.96. The minimum atomic E-state index is -0.885. The molecule has 28 heavy (non-hydrogen) atoms. The van der Waals surface area contributed by atoms with Crippen LogP contribution in [0.2, 0.25) is 10.0 Å². The molecule has 5 nitrogen and oxygen atoms in total. The zero-order valence-corrected chi connectivity index (χ0v) is 18.1. The highest BCUT2D eigenvalue weighted by molar-refractivity contribution is 7.80. The first kappa shape index (κ1) is 20.6. The Morgan fingerprint density at radius 2 is 1.96 bits per heavy atom. The number of halogens is 2. The van der Waals surface area contributed by atoms with E-state index in [1.54, 1.807) is 36.2 Å². The summed E-state index contributed by atoms with van der Waals surface area (Å²) < 4.78 is 0. The normalized spacial score (nSPS) is 16.2. The molecule has 0 saturated heterocycles. The van der Waals surface area contributed by atoms with Gasteiger partial charge in [-0.1, -0.05) is 41.4 Å². The van der Waals surface area contributed by atoms with Gasteiger partial charge in [-0.15, -0.1) is 0 Å². The van der Waals surface area contributed by atoms with Gasteiger partial charge in [-0.3, -0.25) is 4.79 Å². The van der Waals surface area contributed by atoms with Crippen molar-refractivity contribution in [2.45, 2.75) is 13.1 Å². The van der Waals surface area contributed by atoms with E-state index in [4.69, 9.17) is 40.4 Å². The van der Waals surface area contributed by atoms with Crippen LogP contribution in [-0.2, 0) is 4.79 Å². The summed E-state index contributed by atoms with van der Waals surface area (Å²) in [5.41, 5.74) is 2.74. The Morgan fingerprint density at radius 3 is 2.64 bits per heavy atom. The van der Waals surface area contributed by atoms with Crippen molar-refractivity contribution < 1.29 is 4.79 Å². The average molecular weight is 435 g/mol. The van der Waals surface area contributed by atoms with E-state index in [1.807, 2.05) is 37.1 Å². The molecule has 8 heteroatoms. The summed E-state index contributed by atoms with van der Waals surface area (Å²) in [6.45, 7) is 2.69. The van der Waals surface area contributed by atoms with Crippen LogP contribution in [0, 0.1) is 0 Å². The standard InChI is InChI=1S/C20H20Cl2N4OS/c1-4-25(2)20(28)24-18-19(27)26(3)16-10-9-12(21)11-14(16)17(23-18)13-7-5-6-8-15(13)22/h5-11,18H,4H2,1-3H3,(H,24,28). The van der Waals surface area contributed by atoms with Gasteiger partial charge in [-0.25, -0.2) is 4.99 Å². The van der Waals surface area contributed by atoms with Crippen LogP contribution in [0.1, 0.15) is 18.1 Å². The number of nitrogens with one attached hydrogen (secondary N) is 1. The van der Waals surface area contributed by atoms with Crippen LogP contribution in [0.3, 0.4) is 0 Å². The first-order valence-electron chi connectivity index (χ1n) is 8.75. The molecule has 1 aliphatic heterocycles. The summed E-state index contributed by atoms with van der Waals surface area (Å²) in [6.07, 6.45) is -0.885. The summed E-state index contributed by atoms with van der Waals surface area (Å²) in [7, 11) is 3.56. The van der Waals surface area contributed by atoms with Crippen LogP contribution in [0.15, 0.2) is 47.5 Å². The SMILES string of the molecule is CCN(C)C(=S)NC1N=C(c2ccccc2Cl)c2cc(Cl)ccc2N(C)C1=O. The second kappa shape index (κ2) is 8.47. The Hall–Kier alpha value is -2.15. The fourth-order valence-electron chi connectivity index (χ4n) is 2.88. The summed E-state index contributed by atoms with van der Waals surface area (Å²) >= 11 is 18.1. The number of hydrogen-bond donors (Lipinski definition) is 1. The van der Waals surface area contributed by atoms with Crippen molar-refractivity contribution >= 4 is 57.8 Å². The minimum Gasteiger partial charge on any atom is -0.353 e. The van der Waals surface area contributed by atoms with Gasteiger partial charge in [0.1, 0.15) is 0 Å². The van der Waals surface area contributed by atoms with E-state index in [0.29, 0.717) is 33.1 Å². The lowest BCUT2D eigenvalue weighted by Gasteiger charge is -2.24. The van der Waals surface area contributed by atoms with Gasteiger partial charge >= 0.3 is 0 Å². The van der Waals surface area contributed by atoms with Crippen molar-refractivity contribution in [3.8, 4) is 0 Å². The van der Waals surface area contributed by atoms with Crippen molar-refractivity contribution in [2.75, 3.05) is 25.5 Å². The third kappa shape index (κ3) is 3.99. The van der Waals surface area contributed by atoms with E-state index in [-0.39, 0.29) is 5.91 Å². The van der Waals surface area contributed by atoms with Crippen LogP contribution in [0.25, 0.3) is 0 Å². The van der Waals surface area contributed by atoms with Gasteiger partial charge in [0.25, 0.3) is 5.91 Å². The van der Waals surface area contributed by atoms with Gasteiger partial charge in [0.05, 0.1) is 11.4 Å². The second-order valence-corrected chi connectivity index (χ2v) is 7.61. The lowest BCUT2D eigenvalue weighted by Crippen LogP contribution is -2.49. The molecule has 1 aliphatic rings. The van der Waals surface area contributed by atoms with Gasteiger partial charge in [-0.2, -0.15) is 0 Å². The van der Waals surface area contributed by atoms with Crippen LogP contribution in [-0.4, -0.2) is 48.4 Å². The van der Waals surface area contributed by atoms with Crippen molar-refractivity contribution in [3.05, 3.63) is 63.6 Å². The first-order valence-corrected chi connectivity index (χ1v) is 9.91. The minimum absolute atomic E-state index is 0.225. The number of anilines is 1. The maximum atomic E-state index is 13.1. The zero-order valence-electron chi connectivity index (χ0n) is 15.7. The second-order valence-electron chi connectivity index (χ2n) is 6.38. The van der Waals surface area contributed by atoms with E-state index in [1.165, 1.54) is 0 Å². The van der Waals surface area contributed by atoms with Crippen LogP contribution >= 0.6 is 35.4 Å². The summed E-state index contributed by atoms with van der Waals surface area (Å²) in [6, 6.07) is 12.7. The van der Waals surface area contributed by atoms with Gasteiger partial charge < -0.3 is 15.1 Å². The summed E-state index contributed by atoms with van der Waals surface area (Å²) in [4.78, 5) is 21.2. The summed E-state index contributed by atoms with van der Waals surface area (Å²) in [5.74, 6) is -0.225. The number of benzene rings is 2. The number of hydrogen-bond acceptors (Lipinski definition) is 3. The summed E-state index contributed by atoms with van der Waals surface area (Å²) in [5, 5.41) is 4.59.